The molecule has 0 spiro atoms. The van der Waals surface area contributed by atoms with E-state index < -0.39 is 0 Å². The normalized spacial score (nSPS) is 12.1. The van der Waals surface area contributed by atoms with Crippen molar-refractivity contribution in [3.05, 3.63) is 42.2 Å². The van der Waals surface area contributed by atoms with Gasteiger partial charge in [0.2, 0.25) is 0 Å². The minimum Gasteiger partial charge on any atom is -0.494 e. The van der Waals surface area contributed by atoms with Crippen molar-refractivity contribution in [1.29, 1.82) is 0 Å². The predicted octanol–water partition coefficient (Wildman–Crippen LogP) is 7.25. The number of hydrogen-bond acceptors (Lipinski definition) is 3. The van der Waals surface area contributed by atoms with Crippen molar-refractivity contribution in [2.75, 3.05) is 6.61 Å². The standard InChI is InChI=1S/C25H38N2O/c1-4-6-7-10-13-22-19-26-25(27-20-22)23-14-16-24(17-15-23)28-18-11-8-9-12-21(3)5-2/h14-17,19-21H,4-13,18H2,1-3H3/t21-/m0/s1. The summed E-state index contributed by atoms with van der Waals surface area (Å²) in [6.07, 6.45) is 16.4. The third-order valence-corrected chi connectivity index (χ3v) is 5.44. The number of nitrogens with zero attached hydrogens (tertiary/aromatic N) is 2. The zero-order valence-electron chi connectivity index (χ0n) is 18.1. The molecule has 0 radical (unpaired) electrons. The summed E-state index contributed by atoms with van der Waals surface area (Å²) in [7, 11) is 0. The van der Waals surface area contributed by atoms with Gasteiger partial charge < -0.3 is 4.74 Å². The van der Waals surface area contributed by atoms with Gasteiger partial charge in [-0.25, -0.2) is 9.97 Å². The molecule has 0 aliphatic heterocycles. The Bertz CT molecular complexity index is 637. The molecular weight excluding hydrogens is 344 g/mol. The molecule has 0 fully saturated rings. The van der Waals surface area contributed by atoms with Gasteiger partial charge in [0.15, 0.2) is 5.82 Å². The van der Waals surface area contributed by atoms with Crippen LogP contribution in [0, 0.1) is 5.92 Å². The lowest BCUT2D eigenvalue weighted by Crippen LogP contribution is -1.98. The van der Waals surface area contributed by atoms with Gasteiger partial charge >= 0.3 is 0 Å². The van der Waals surface area contributed by atoms with E-state index in [0.29, 0.717) is 0 Å². The van der Waals surface area contributed by atoms with Crippen LogP contribution in [0.4, 0.5) is 0 Å². The molecule has 3 nitrogen and oxygen atoms in total. The zero-order chi connectivity index (χ0) is 20.0. The molecule has 1 aromatic heterocycles. The second-order valence-corrected chi connectivity index (χ2v) is 7.96. The largest absolute Gasteiger partial charge is 0.494 e. The maximum Gasteiger partial charge on any atom is 0.159 e. The van der Waals surface area contributed by atoms with Crippen LogP contribution in [0.25, 0.3) is 11.4 Å². The molecule has 2 rings (SSSR count). The van der Waals surface area contributed by atoms with E-state index in [4.69, 9.17) is 4.74 Å². The van der Waals surface area contributed by atoms with Gasteiger partial charge in [-0.15, -0.1) is 0 Å². The summed E-state index contributed by atoms with van der Waals surface area (Å²) in [5, 5.41) is 0. The van der Waals surface area contributed by atoms with E-state index in [0.717, 1.165) is 42.5 Å². The maximum absolute atomic E-state index is 5.87. The van der Waals surface area contributed by atoms with Crippen LogP contribution in [0.1, 0.15) is 84.1 Å². The number of benzene rings is 1. The van der Waals surface area contributed by atoms with E-state index in [1.807, 2.05) is 24.5 Å². The Labute approximate surface area is 172 Å². The van der Waals surface area contributed by atoms with Crippen LogP contribution in [-0.4, -0.2) is 16.6 Å². The van der Waals surface area contributed by atoms with Crippen LogP contribution >= 0.6 is 0 Å². The molecule has 0 saturated carbocycles. The van der Waals surface area contributed by atoms with Gasteiger partial charge in [-0.05, 0) is 55.0 Å². The molecule has 0 saturated heterocycles. The molecule has 1 aromatic carbocycles. The fourth-order valence-corrected chi connectivity index (χ4v) is 3.25. The number of aryl methyl sites for hydroxylation is 1. The first-order valence-electron chi connectivity index (χ1n) is 11.3. The maximum atomic E-state index is 5.87. The van der Waals surface area contributed by atoms with Crippen LogP contribution in [0.15, 0.2) is 36.7 Å². The first kappa shape index (κ1) is 22.4. The molecule has 0 amide bonds. The molecule has 0 bridgehead atoms. The average molecular weight is 383 g/mol. The van der Waals surface area contributed by atoms with E-state index in [1.54, 1.807) is 0 Å². The molecule has 0 aliphatic carbocycles. The number of unbranched alkanes of at least 4 members (excludes halogenated alkanes) is 5. The Balaban J connectivity index is 1.71. The summed E-state index contributed by atoms with van der Waals surface area (Å²) in [5.74, 6) is 2.57. The van der Waals surface area contributed by atoms with Crippen molar-refractivity contribution in [1.82, 2.24) is 9.97 Å². The van der Waals surface area contributed by atoms with Crippen molar-refractivity contribution in [2.24, 2.45) is 5.92 Å². The second-order valence-electron chi connectivity index (χ2n) is 7.96. The van der Waals surface area contributed by atoms with E-state index in [2.05, 4.69) is 42.9 Å². The Morgan fingerprint density at radius 3 is 2.25 bits per heavy atom. The van der Waals surface area contributed by atoms with Gasteiger partial charge in [-0.1, -0.05) is 65.7 Å². The van der Waals surface area contributed by atoms with Crippen molar-refractivity contribution in [3.8, 4) is 17.1 Å². The van der Waals surface area contributed by atoms with Crippen molar-refractivity contribution >= 4 is 0 Å². The lowest BCUT2D eigenvalue weighted by atomic mass is 10.0. The molecular formula is C25H38N2O. The highest BCUT2D eigenvalue weighted by molar-refractivity contribution is 5.55. The third kappa shape index (κ3) is 8.41. The van der Waals surface area contributed by atoms with Crippen molar-refractivity contribution < 1.29 is 4.74 Å². The fraction of sp³-hybridized carbons (Fsp3) is 0.600. The minimum absolute atomic E-state index is 0.786. The molecule has 3 heteroatoms. The van der Waals surface area contributed by atoms with Crippen molar-refractivity contribution in [3.63, 3.8) is 0 Å². The van der Waals surface area contributed by atoms with Crippen LogP contribution in [0.5, 0.6) is 5.75 Å². The summed E-state index contributed by atoms with van der Waals surface area (Å²) < 4.78 is 5.87. The van der Waals surface area contributed by atoms with Gasteiger partial charge in [0, 0.05) is 18.0 Å². The summed E-state index contributed by atoms with van der Waals surface area (Å²) in [6, 6.07) is 8.15. The Hall–Kier alpha value is -1.90. The molecule has 28 heavy (non-hydrogen) atoms. The second kappa shape index (κ2) is 13.3. The van der Waals surface area contributed by atoms with E-state index in [9.17, 15) is 0 Å². The van der Waals surface area contributed by atoms with Crippen molar-refractivity contribution in [2.45, 2.75) is 85.0 Å². The number of hydrogen-bond donors (Lipinski definition) is 0. The number of rotatable bonds is 14. The van der Waals surface area contributed by atoms with E-state index in [1.165, 1.54) is 56.9 Å². The topological polar surface area (TPSA) is 35.0 Å². The smallest absolute Gasteiger partial charge is 0.159 e. The monoisotopic (exact) mass is 382 g/mol. The summed E-state index contributed by atoms with van der Waals surface area (Å²) >= 11 is 0. The molecule has 0 unspecified atom stereocenters. The Morgan fingerprint density at radius 1 is 0.857 bits per heavy atom. The Morgan fingerprint density at radius 2 is 1.57 bits per heavy atom. The number of ether oxygens (including phenoxy) is 1. The zero-order valence-corrected chi connectivity index (χ0v) is 18.1. The van der Waals surface area contributed by atoms with Crippen LogP contribution < -0.4 is 4.74 Å². The SMILES string of the molecule is CCCCCCc1cnc(-c2ccc(OCCCCC[C@@H](C)CC)cc2)nc1. The summed E-state index contributed by atoms with van der Waals surface area (Å²) in [4.78, 5) is 9.09. The van der Waals surface area contributed by atoms with Gasteiger partial charge in [0.05, 0.1) is 6.61 Å². The molecule has 1 atom stereocenters. The average Bonchev–Trinajstić information content (AvgIpc) is 2.74. The molecule has 0 aliphatic rings. The molecule has 2 aromatic rings. The molecule has 0 N–H and O–H groups in total. The van der Waals surface area contributed by atoms with Gasteiger partial charge in [0.1, 0.15) is 5.75 Å². The first-order valence-corrected chi connectivity index (χ1v) is 11.3. The van der Waals surface area contributed by atoms with Crippen LogP contribution in [-0.2, 0) is 6.42 Å². The quantitative estimate of drug-likeness (QED) is 0.323. The fourth-order valence-electron chi connectivity index (χ4n) is 3.25. The minimum atomic E-state index is 0.786. The predicted molar refractivity (Wildman–Crippen MR) is 119 cm³/mol. The highest BCUT2D eigenvalue weighted by atomic mass is 16.5. The summed E-state index contributed by atoms with van der Waals surface area (Å²) in [6.45, 7) is 7.64. The van der Waals surface area contributed by atoms with E-state index >= 15 is 0 Å². The molecule has 154 valence electrons. The van der Waals surface area contributed by atoms with Gasteiger partial charge in [-0.2, -0.15) is 0 Å². The lowest BCUT2D eigenvalue weighted by Gasteiger charge is -2.09. The van der Waals surface area contributed by atoms with Gasteiger partial charge in [0.25, 0.3) is 0 Å². The lowest BCUT2D eigenvalue weighted by molar-refractivity contribution is 0.302. The van der Waals surface area contributed by atoms with Crippen LogP contribution in [0.3, 0.4) is 0 Å². The third-order valence-electron chi connectivity index (χ3n) is 5.44. The molecule has 1 heterocycles. The number of aromatic nitrogens is 2. The highest BCUT2D eigenvalue weighted by Gasteiger charge is 2.03. The highest BCUT2D eigenvalue weighted by Crippen LogP contribution is 2.20. The Kier molecular flexibility index (Phi) is 10.6. The van der Waals surface area contributed by atoms with E-state index in [-0.39, 0.29) is 0 Å². The van der Waals surface area contributed by atoms with Gasteiger partial charge in [-0.3, -0.25) is 0 Å². The summed E-state index contributed by atoms with van der Waals surface area (Å²) in [5.41, 5.74) is 2.27. The first-order chi connectivity index (χ1) is 13.7. The van der Waals surface area contributed by atoms with Crippen LogP contribution in [0.2, 0.25) is 0 Å².